The third kappa shape index (κ3) is 5.69. The van der Waals surface area contributed by atoms with Gasteiger partial charge < -0.3 is 5.32 Å². The second-order valence-corrected chi connectivity index (χ2v) is 6.07. The lowest BCUT2D eigenvalue weighted by atomic mass is 10.1. The first kappa shape index (κ1) is 18.0. The number of benzene rings is 2. The van der Waals surface area contributed by atoms with Gasteiger partial charge in [-0.3, -0.25) is 4.79 Å². The highest BCUT2D eigenvalue weighted by atomic mass is 16.1. The Morgan fingerprint density at radius 1 is 0.958 bits per heavy atom. The number of rotatable bonds is 8. The molecule has 0 unspecified atom stereocenters. The molecule has 1 N–H and O–H groups in total. The van der Waals surface area contributed by atoms with Gasteiger partial charge in [-0.2, -0.15) is 0 Å². The first-order valence-corrected chi connectivity index (χ1v) is 8.89. The molecular formula is C22H27NO. The van der Waals surface area contributed by atoms with Crippen molar-refractivity contribution < 1.29 is 4.79 Å². The smallest absolute Gasteiger partial charge is 0.255 e. The van der Waals surface area contributed by atoms with Crippen LogP contribution in [0.3, 0.4) is 0 Å². The normalized spacial score (nSPS) is 10.9. The molecule has 0 saturated carbocycles. The van der Waals surface area contributed by atoms with E-state index in [-0.39, 0.29) is 5.91 Å². The fourth-order valence-electron chi connectivity index (χ4n) is 2.47. The monoisotopic (exact) mass is 321 g/mol. The van der Waals surface area contributed by atoms with Gasteiger partial charge >= 0.3 is 0 Å². The van der Waals surface area contributed by atoms with Crippen LogP contribution in [-0.2, 0) is 6.42 Å². The number of hydrogen-bond donors (Lipinski definition) is 1. The zero-order valence-electron chi connectivity index (χ0n) is 14.7. The quantitative estimate of drug-likeness (QED) is 0.626. The molecule has 0 aliphatic heterocycles. The second kappa shape index (κ2) is 9.71. The Morgan fingerprint density at radius 2 is 1.67 bits per heavy atom. The molecule has 0 bridgehead atoms. The van der Waals surface area contributed by atoms with Crippen molar-refractivity contribution in [1.82, 2.24) is 0 Å². The lowest BCUT2D eigenvalue weighted by Gasteiger charge is -2.07. The van der Waals surface area contributed by atoms with Crippen LogP contribution in [0.1, 0.15) is 61.0 Å². The van der Waals surface area contributed by atoms with Crippen LogP contribution in [0, 0.1) is 0 Å². The highest BCUT2D eigenvalue weighted by Gasteiger charge is 2.05. The summed E-state index contributed by atoms with van der Waals surface area (Å²) in [6, 6.07) is 15.8. The molecule has 0 radical (unpaired) electrons. The molecule has 24 heavy (non-hydrogen) atoms. The molecule has 0 aliphatic carbocycles. The summed E-state index contributed by atoms with van der Waals surface area (Å²) >= 11 is 0. The van der Waals surface area contributed by atoms with Gasteiger partial charge in [-0.15, -0.1) is 0 Å². The van der Waals surface area contributed by atoms with Crippen molar-refractivity contribution in [1.29, 1.82) is 0 Å². The van der Waals surface area contributed by atoms with Gasteiger partial charge in [-0.05, 0) is 54.7 Å². The Morgan fingerprint density at radius 3 is 2.29 bits per heavy atom. The minimum atomic E-state index is -0.0691. The highest BCUT2D eigenvalue weighted by molar-refractivity contribution is 6.04. The Bertz CT molecular complexity index is 653. The summed E-state index contributed by atoms with van der Waals surface area (Å²) in [4.78, 5) is 12.3. The van der Waals surface area contributed by atoms with E-state index in [2.05, 4.69) is 43.4 Å². The molecule has 2 nitrogen and oxygen atoms in total. The SMILES string of the molecule is CCC/C=C/c1ccc(C(=O)Nc2ccc(CCCC)cc2)cc1. The first-order valence-electron chi connectivity index (χ1n) is 8.89. The maximum atomic E-state index is 12.3. The average Bonchev–Trinajstić information content (AvgIpc) is 2.62. The summed E-state index contributed by atoms with van der Waals surface area (Å²) < 4.78 is 0. The van der Waals surface area contributed by atoms with Crippen molar-refractivity contribution in [3.63, 3.8) is 0 Å². The van der Waals surface area contributed by atoms with Crippen LogP contribution in [0.4, 0.5) is 5.69 Å². The van der Waals surface area contributed by atoms with E-state index in [1.54, 1.807) is 0 Å². The van der Waals surface area contributed by atoms with E-state index in [0.29, 0.717) is 5.56 Å². The molecular weight excluding hydrogens is 294 g/mol. The summed E-state index contributed by atoms with van der Waals surface area (Å²) in [5.74, 6) is -0.0691. The van der Waals surface area contributed by atoms with Crippen LogP contribution in [0.2, 0.25) is 0 Å². The maximum absolute atomic E-state index is 12.3. The van der Waals surface area contributed by atoms with Crippen LogP contribution in [0.5, 0.6) is 0 Å². The Kier molecular flexibility index (Phi) is 7.28. The zero-order chi connectivity index (χ0) is 17.2. The standard InChI is InChI=1S/C22H27NO/c1-3-5-7-9-19-10-14-20(15-11-19)22(24)23-21-16-12-18(13-17-21)8-6-4-2/h7,9-17H,3-6,8H2,1-2H3,(H,23,24)/b9-7+. The molecule has 0 fully saturated rings. The predicted molar refractivity (Wildman–Crippen MR) is 103 cm³/mol. The molecule has 1 amide bonds. The van der Waals surface area contributed by atoms with Gasteiger partial charge in [0.15, 0.2) is 0 Å². The fraction of sp³-hybridized carbons (Fsp3) is 0.318. The van der Waals surface area contributed by atoms with Crippen LogP contribution in [0.25, 0.3) is 6.08 Å². The lowest BCUT2D eigenvalue weighted by molar-refractivity contribution is 0.102. The minimum Gasteiger partial charge on any atom is -0.322 e. The summed E-state index contributed by atoms with van der Waals surface area (Å²) in [6.07, 6.45) is 9.98. The van der Waals surface area contributed by atoms with Crippen molar-refractivity contribution in [2.45, 2.75) is 46.0 Å². The lowest BCUT2D eigenvalue weighted by Crippen LogP contribution is -2.11. The fourth-order valence-corrected chi connectivity index (χ4v) is 2.47. The number of hydrogen-bond acceptors (Lipinski definition) is 1. The summed E-state index contributed by atoms with van der Waals surface area (Å²) in [7, 11) is 0. The van der Waals surface area contributed by atoms with Crippen LogP contribution in [0.15, 0.2) is 54.6 Å². The summed E-state index contributed by atoms with van der Waals surface area (Å²) in [6.45, 7) is 4.35. The van der Waals surface area contributed by atoms with E-state index in [1.165, 1.54) is 18.4 Å². The number of amides is 1. The van der Waals surface area contributed by atoms with Crippen molar-refractivity contribution in [2.24, 2.45) is 0 Å². The van der Waals surface area contributed by atoms with E-state index in [4.69, 9.17) is 0 Å². The van der Waals surface area contributed by atoms with Gasteiger partial charge in [-0.25, -0.2) is 0 Å². The van der Waals surface area contributed by atoms with Gasteiger partial charge in [-0.1, -0.05) is 63.1 Å². The van der Waals surface area contributed by atoms with E-state index >= 15 is 0 Å². The summed E-state index contributed by atoms with van der Waals surface area (Å²) in [5, 5.41) is 2.96. The number of nitrogens with one attached hydrogen (secondary N) is 1. The van der Waals surface area contributed by atoms with E-state index < -0.39 is 0 Å². The van der Waals surface area contributed by atoms with Crippen molar-refractivity contribution >= 4 is 17.7 Å². The molecule has 2 rings (SSSR count). The Balaban J connectivity index is 1.94. The van der Waals surface area contributed by atoms with Gasteiger partial charge in [0.1, 0.15) is 0 Å². The molecule has 2 heteroatoms. The van der Waals surface area contributed by atoms with Crippen LogP contribution < -0.4 is 5.32 Å². The molecule has 0 aromatic heterocycles. The third-order valence-electron chi connectivity index (χ3n) is 3.97. The second-order valence-electron chi connectivity index (χ2n) is 6.07. The topological polar surface area (TPSA) is 29.1 Å². The van der Waals surface area contributed by atoms with E-state index in [9.17, 15) is 4.79 Å². The number of allylic oxidation sites excluding steroid dienone is 1. The number of aryl methyl sites for hydroxylation is 1. The van der Waals surface area contributed by atoms with Gasteiger partial charge in [0.2, 0.25) is 0 Å². The number of anilines is 1. The van der Waals surface area contributed by atoms with Crippen molar-refractivity contribution in [2.75, 3.05) is 5.32 Å². The van der Waals surface area contributed by atoms with Gasteiger partial charge in [0.25, 0.3) is 5.91 Å². The van der Waals surface area contributed by atoms with Crippen LogP contribution >= 0.6 is 0 Å². The first-order chi connectivity index (χ1) is 11.7. The van der Waals surface area contributed by atoms with Gasteiger partial charge in [0.05, 0.1) is 0 Å². The molecule has 0 aliphatic rings. The van der Waals surface area contributed by atoms with Crippen molar-refractivity contribution in [3.8, 4) is 0 Å². The zero-order valence-corrected chi connectivity index (χ0v) is 14.7. The number of carbonyl (C=O) groups is 1. The van der Waals surface area contributed by atoms with E-state index in [0.717, 1.165) is 30.5 Å². The highest BCUT2D eigenvalue weighted by Crippen LogP contribution is 2.14. The molecule has 0 saturated heterocycles. The van der Waals surface area contributed by atoms with E-state index in [1.807, 2.05) is 36.4 Å². The largest absolute Gasteiger partial charge is 0.322 e. The average molecular weight is 321 g/mol. The number of carbonyl (C=O) groups excluding carboxylic acids is 1. The molecule has 0 atom stereocenters. The molecule has 2 aromatic carbocycles. The molecule has 0 spiro atoms. The third-order valence-corrected chi connectivity index (χ3v) is 3.97. The Labute approximate surface area is 145 Å². The predicted octanol–water partition coefficient (Wildman–Crippen LogP) is 6.09. The molecule has 0 heterocycles. The maximum Gasteiger partial charge on any atom is 0.255 e. The minimum absolute atomic E-state index is 0.0691. The van der Waals surface area contributed by atoms with Crippen molar-refractivity contribution in [3.05, 3.63) is 71.3 Å². The Hall–Kier alpha value is -2.35. The van der Waals surface area contributed by atoms with Crippen LogP contribution in [-0.4, -0.2) is 5.91 Å². The summed E-state index contributed by atoms with van der Waals surface area (Å²) in [5.41, 5.74) is 3.96. The van der Waals surface area contributed by atoms with Gasteiger partial charge in [0, 0.05) is 11.3 Å². The molecule has 2 aromatic rings. The molecule has 126 valence electrons. The number of unbranched alkanes of at least 4 members (excludes halogenated alkanes) is 2.